The molecule has 110 valence electrons. The average molecular weight is 305 g/mol. The normalized spacial score (nSPS) is 13.1. The molecule has 1 aromatic heterocycles. The molecule has 1 aromatic carbocycles. The highest BCUT2D eigenvalue weighted by Crippen LogP contribution is 2.18. The van der Waals surface area contributed by atoms with Gasteiger partial charge in [-0.1, -0.05) is 35.0 Å². The number of aromatic nitrogens is 1. The van der Waals surface area contributed by atoms with Crippen molar-refractivity contribution in [2.45, 2.75) is 19.5 Å². The standard InChI is InChI=1S/C15H17ClN4O/c1-10(11-4-2-6-13(16)8-11)19-9-12-5-3-7-18-14(12)15(17)20-21/h2-8,10,19,21H,9H2,1H3,(H2,17,20). The lowest BCUT2D eigenvalue weighted by atomic mass is 10.1. The molecule has 4 N–H and O–H groups in total. The monoisotopic (exact) mass is 304 g/mol. The Labute approximate surface area is 128 Å². The first-order chi connectivity index (χ1) is 10.1. The van der Waals surface area contributed by atoms with Crippen LogP contribution in [0.3, 0.4) is 0 Å². The maximum Gasteiger partial charge on any atom is 0.189 e. The molecule has 1 heterocycles. The summed E-state index contributed by atoms with van der Waals surface area (Å²) in [6, 6.07) is 11.5. The number of hydrogen-bond donors (Lipinski definition) is 3. The van der Waals surface area contributed by atoms with Gasteiger partial charge in [-0.3, -0.25) is 4.98 Å². The Morgan fingerprint density at radius 2 is 2.24 bits per heavy atom. The van der Waals surface area contributed by atoms with Crippen molar-refractivity contribution in [2.24, 2.45) is 10.9 Å². The second kappa shape index (κ2) is 7.06. The van der Waals surface area contributed by atoms with Gasteiger partial charge in [0.25, 0.3) is 0 Å². The van der Waals surface area contributed by atoms with E-state index in [4.69, 9.17) is 22.5 Å². The van der Waals surface area contributed by atoms with E-state index in [2.05, 4.69) is 15.5 Å². The summed E-state index contributed by atoms with van der Waals surface area (Å²) >= 11 is 5.99. The molecule has 5 nitrogen and oxygen atoms in total. The Hall–Kier alpha value is -2.11. The molecule has 0 saturated heterocycles. The quantitative estimate of drug-likeness (QED) is 0.343. The lowest BCUT2D eigenvalue weighted by Gasteiger charge is -2.15. The summed E-state index contributed by atoms with van der Waals surface area (Å²) in [5.74, 6) is 0.00260. The summed E-state index contributed by atoms with van der Waals surface area (Å²) in [7, 11) is 0. The minimum Gasteiger partial charge on any atom is -0.409 e. The molecule has 0 saturated carbocycles. The highest BCUT2D eigenvalue weighted by molar-refractivity contribution is 6.30. The minimum atomic E-state index is 0.00260. The highest BCUT2D eigenvalue weighted by Gasteiger charge is 2.10. The molecule has 0 aliphatic rings. The van der Waals surface area contributed by atoms with E-state index in [1.165, 1.54) is 0 Å². The van der Waals surface area contributed by atoms with Crippen LogP contribution >= 0.6 is 11.6 Å². The second-order valence-electron chi connectivity index (χ2n) is 4.65. The third-order valence-corrected chi connectivity index (χ3v) is 3.42. The fourth-order valence-corrected chi connectivity index (χ4v) is 2.21. The fourth-order valence-electron chi connectivity index (χ4n) is 2.02. The van der Waals surface area contributed by atoms with E-state index in [-0.39, 0.29) is 11.9 Å². The van der Waals surface area contributed by atoms with Crippen molar-refractivity contribution in [3.8, 4) is 0 Å². The van der Waals surface area contributed by atoms with Crippen molar-refractivity contribution in [1.29, 1.82) is 0 Å². The molecule has 2 rings (SSSR count). The number of pyridine rings is 1. The van der Waals surface area contributed by atoms with E-state index in [0.717, 1.165) is 11.1 Å². The van der Waals surface area contributed by atoms with E-state index in [0.29, 0.717) is 17.3 Å². The summed E-state index contributed by atoms with van der Waals surface area (Å²) in [5.41, 5.74) is 8.06. The summed E-state index contributed by atoms with van der Waals surface area (Å²) < 4.78 is 0. The zero-order valence-corrected chi connectivity index (χ0v) is 12.4. The fraction of sp³-hybridized carbons (Fsp3) is 0.200. The average Bonchev–Trinajstić information content (AvgIpc) is 2.52. The smallest absolute Gasteiger partial charge is 0.189 e. The van der Waals surface area contributed by atoms with Crippen LogP contribution in [0.15, 0.2) is 47.8 Å². The lowest BCUT2D eigenvalue weighted by molar-refractivity contribution is 0.318. The van der Waals surface area contributed by atoms with Crippen LogP contribution in [0, 0.1) is 0 Å². The Kier molecular flexibility index (Phi) is 5.14. The number of oxime groups is 1. The van der Waals surface area contributed by atoms with Crippen LogP contribution in [0.25, 0.3) is 0 Å². The third-order valence-electron chi connectivity index (χ3n) is 3.19. The highest BCUT2D eigenvalue weighted by atomic mass is 35.5. The van der Waals surface area contributed by atoms with Crippen LogP contribution in [-0.2, 0) is 6.54 Å². The Bertz CT molecular complexity index is 645. The zero-order valence-electron chi connectivity index (χ0n) is 11.6. The molecule has 1 atom stereocenters. The number of nitrogens with two attached hydrogens (primary N) is 1. The van der Waals surface area contributed by atoms with Gasteiger partial charge in [-0.15, -0.1) is 0 Å². The predicted octanol–water partition coefficient (Wildman–Crippen LogP) is 2.68. The topological polar surface area (TPSA) is 83.5 Å². The number of hydrogen-bond acceptors (Lipinski definition) is 4. The summed E-state index contributed by atoms with van der Waals surface area (Å²) in [5, 5.41) is 15.9. The van der Waals surface area contributed by atoms with E-state index < -0.39 is 0 Å². The molecule has 0 radical (unpaired) electrons. The molecule has 1 unspecified atom stereocenters. The van der Waals surface area contributed by atoms with Crippen molar-refractivity contribution >= 4 is 17.4 Å². The van der Waals surface area contributed by atoms with Crippen LogP contribution in [0.2, 0.25) is 5.02 Å². The summed E-state index contributed by atoms with van der Waals surface area (Å²) in [6.07, 6.45) is 1.61. The van der Waals surface area contributed by atoms with Gasteiger partial charge >= 0.3 is 0 Å². The number of rotatable bonds is 5. The lowest BCUT2D eigenvalue weighted by Crippen LogP contribution is -2.23. The van der Waals surface area contributed by atoms with Crippen molar-refractivity contribution in [3.63, 3.8) is 0 Å². The van der Waals surface area contributed by atoms with Gasteiger partial charge in [-0.05, 0) is 36.2 Å². The van der Waals surface area contributed by atoms with Crippen LogP contribution in [0.1, 0.15) is 29.8 Å². The van der Waals surface area contributed by atoms with Crippen LogP contribution in [0.4, 0.5) is 0 Å². The van der Waals surface area contributed by atoms with Crippen molar-refractivity contribution < 1.29 is 5.21 Å². The summed E-state index contributed by atoms with van der Waals surface area (Å²) in [4.78, 5) is 4.14. The maximum absolute atomic E-state index is 8.79. The van der Waals surface area contributed by atoms with Gasteiger partial charge in [0, 0.05) is 23.8 Å². The van der Waals surface area contributed by atoms with Gasteiger partial charge in [0.1, 0.15) is 5.69 Å². The first-order valence-corrected chi connectivity index (χ1v) is 6.90. The van der Waals surface area contributed by atoms with E-state index in [1.807, 2.05) is 43.3 Å². The van der Waals surface area contributed by atoms with Crippen molar-refractivity contribution in [2.75, 3.05) is 0 Å². The van der Waals surface area contributed by atoms with Crippen molar-refractivity contribution in [1.82, 2.24) is 10.3 Å². The molecule has 0 aliphatic carbocycles. The molecule has 21 heavy (non-hydrogen) atoms. The predicted molar refractivity (Wildman–Crippen MR) is 83.5 cm³/mol. The van der Waals surface area contributed by atoms with Gasteiger partial charge < -0.3 is 16.3 Å². The first-order valence-electron chi connectivity index (χ1n) is 6.52. The van der Waals surface area contributed by atoms with Crippen LogP contribution < -0.4 is 11.1 Å². The molecular formula is C15H17ClN4O. The molecule has 0 aliphatic heterocycles. The van der Waals surface area contributed by atoms with Gasteiger partial charge in [0.2, 0.25) is 0 Å². The van der Waals surface area contributed by atoms with E-state index in [9.17, 15) is 0 Å². The number of nitrogens with one attached hydrogen (secondary N) is 1. The van der Waals surface area contributed by atoms with Crippen LogP contribution in [0.5, 0.6) is 0 Å². The van der Waals surface area contributed by atoms with Crippen LogP contribution in [-0.4, -0.2) is 16.0 Å². The van der Waals surface area contributed by atoms with Gasteiger partial charge in [0.15, 0.2) is 5.84 Å². The van der Waals surface area contributed by atoms with Gasteiger partial charge in [-0.25, -0.2) is 0 Å². The number of benzene rings is 1. The van der Waals surface area contributed by atoms with Gasteiger partial charge in [-0.2, -0.15) is 0 Å². The molecule has 0 fully saturated rings. The summed E-state index contributed by atoms with van der Waals surface area (Å²) in [6.45, 7) is 2.60. The molecule has 0 spiro atoms. The second-order valence-corrected chi connectivity index (χ2v) is 5.09. The molecule has 6 heteroatoms. The molecular weight excluding hydrogens is 288 g/mol. The minimum absolute atomic E-state index is 0.00260. The first kappa shape index (κ1) is 15.3. The molecule has 0 bridgehead atoms. The Morgan fingerprint density at radius 1 is 1.43 bits per heavy atom. The van der Waals surface area contributed by atoms with E-state index in [1.54, 1.807) is 6.20 Å². The van der Waals surface area contributed by atoms with E-state index >= 15 is 0 Å². The van der Waals surface area contributed by atoms with Crippen molar-refractivity contribution in [3.05, 3.63) is 64.4 Å². The molecule has 2 aromatic rings. The number of amidine groups is 1. The largest absolute Gasteiger partial charge is 0.409 e. The Morgan fingerprint density at radius 3 is 2.95 bits per heavy atom. The number of nitrogens with zero attached hydrogens (tertiary/aromatic N) is 2. The third kappa shape index (κ3) is 3.93. The SMILES string of the molecule is CC(NCc1cccnc1C(N)=NO)c1cccc(Cl)c1. The zero-order chi connectivity index (χ0) is 15.2. The molecule has 0 amide bonds. The van der Waals surface area contributed by atoms with Gasteiger partial charge in [0.05, 0.1) is 0 Å². The maximum atomic E-state index is 8.79. The number of halogens is 1. The Balaban J connectivity index is 2.10.